The van der Waals surface area contributed by atoms with Crippen molar-refractivity contribution in [2.24, 2.45) is 5.10 Å². The Morgan fingerprint density at radius 1 is 0.957 bits per heavy atom. The lowest BCUT2D eigenvalue weighted by Gasteiger charge is -2.06. The summed E-state index contributed by atoms with van der Waals surface area (Å²) in [4.78, 5) is 0. The number of benzene rings is 2. The summed E-state index contributed by atoms with van der Waals surface area (Å²) in [5.74, 6) is 2.37. The van der Waals surface area contributed by atoms with Gasteiger partial charge in [0.05, 0.1) is 6.21 Å². The van der Waals surface area contributed by atoms with Gasteiger partial charge >= 0.3 is 0 Å². The Balaban J connectivity index is 1.63. The summed E-state index contributed by atoms with van der Waals surface area (Å²) in [5.41, 5.74) is 2.14. The maximum absolute atomic E-state index is 5.77. The Morgan fingerprint density at radius 2 is 1.61 bits per heavy atom. The highest BCUT2D eigenvalue weighted by Gasteiger charge is 2.01. The van der Waals surface area contributed by atoms with Gasteiger partial charge in [-0.15, -0.1) is 10.2 Å². The first kappa shape index (κ1) is 15.0. The summed E-state index contributed by atoms with van der Waals surface area (Å²) in [7, 11) is 0. The first-order valence-corrected chi connectivity index (χ1v) is 7.42. The number of hydrogen-bond donors (Lipinski definition) is 0. The summed E-state index contributed by atoms with van der Waals surface area (Å²) in [6.45, 7) is 4.31. The Bertz CT molecular complexity index is 772. The quantitative estimate of drug-likeness (QED) is 0.679. The predicted molar refractivity (Wildman–Crippen MR) is 89.7 cm³/mol. The zero-order chi connectivity index (χ0) is 16.1. The fourth-order valence-electron chi connectivity index (χ4n) is 2.15. The molecule has 0 radical (unpaired) electrons. The van der Waals surface area contributed by atoms with E-state index in [1.165, 1.54) is 0 Å². The fourth-order valence-corrected chi connectivity index (χ4v) is 2.15. The normalized spacial score (nSPS) is 11.0. The molecule has 0 spiro atoms. The minimum atomic E-state index is 0.563. The maximum atomic E-state index is 5.77. The van der Waals surface area contributed by atoms with Crippen LogP contribution in [0.5, 0.6) is 5.75 Å². The Labute approximate surface area is 135 Å². The highest BCUT2D eigenvalue weighted by atomic mass is 16.5. The molecule has 0 aliphatic rings. The first-order valence-electron chi connectivity index (χ1n) is 7.42. The van der Waals surface area contributed by atoms with E-state index >= 15 is 0 Å². The monoisotopic (exact) mass is 306 g/mol. The third-order valence-electron chi connectivity index (χ3n) is 3.40. The second kappa shape index (κ2) is 6.87. The van der Waals surface area contributed by atoms with E-state index in [0.29, 0.717) is 6.61 Å². The molecule has 0 fully saturated rings. The number of aromatic nitrogens is 3. The molecule has 0 bridgehead atoms. The molecule has 0 amide bonds. The van der Waals surface area contributed by atoms with Gasteiger partial charge < -0.3 is 4.74 Å². The minimum absolute atomic E-state index is 0.563. The van der Waals surface area contributed by atoms with E-state index in [4.69, 9.17) is 4.74 Å². The molecule has 1 heterocycles. The van der Waals surface area contributed by atoms with Gasteiger partial charge in [-0.05, 0) is 49.2 Å². The van der Waals surface area contributed by atoms with Crippen LogP contribution in [0.4, 0.5) is 0 Å². The van der Waals surface area contributed by atoms with E-state index in [2.05, 4.69) is 15.3 Å². The van der Waals surface area contributed by atoms with Crippen molar-refractivity contribution in [1.82, 2.24) is 14.9 Å². The lowest BCUT2D eigenvalue weighted by molar-refractivity contribution is 0.306. The molecule has 5 nitrogen and oxygen atoms in total. The molecule has 2 aromatic carbocycles. The topological polar surface area (TPSA) is 52.3 Å². The van der Waals surface area contributed by atoms with Crippen molar-refractivity contribution in [2.75, 3.05) is 0 Å². The van der Waals surface area contributed by atoms with Crippen LogP contribution in [0.15, 0.2) is 59.7 Å². The Morgan fingerprint density at radius 3 is 2.26 bits per heavy atom. The standard InChI is InChI=1S/C18H18N4O/c1-14-20-21-15(2)22(14)19-12-16-8-10-18(11-9-16)23-13-17-6-4-3-5-7-17/h3-12H,13H2,1-2H3/b19-12-. The van der Waals surface area contributed by atoms with Crippen LogP contribution in [-0.2, 0) is 6.61 Å². The average Bonchev–Trinajstić information content (AvgIpc) is 2.91. The van der Waals surface area contributed by atoms with Crippen molar-refractivity contribution in [3.63, 3.8) is 0 Å². The van der Waals surface area contributed by atoms with Crippen molar-refractivity contribution in [3.05, 3.63) is 77.4 Å². The van der Waals surface area contributed by atoms with Crippen LogP contribution >= 0.6 is 0 Å². The highest BCUT2D eigenvalue weighted by Crippen LogP contribution is 2.13. The van der Waals surface area contributed by atoms with Crippen molar-refractivity contribution in [1.29, 1.82) is 0 Å². The summed E-state index contributed by atoms with van der Waals surface area (Å²) < 4.78 is 7.47. The highest BCUT2D eigenvalue weighted by molar-refractivity contribution is 5.79. The van der Waals surface area contributed by atoms with E-state index in [1.54, 1.807) is 10.9 Å². The molecular weight excluding hydrogens is 288 g/mol. The van der Waals surface area contributed by atoms with Crippen molar-refractivity contribution in [3.8, 4) is 5.75 Å². The molecule has 3 aromatic rings. The largest absolute Gasteiger partial charge is 0.489 e. The lowest BCUT2D eigenvalue weighted by Crippen LogP contribution is -1.97. The molecule has 0 saturated heterocycles. The molecule has 23 heavy (non-hydrogen) atoms. The molecule has 0 atom stereocenters. The van der Waals surface area contributed by atoms with Crippen LogP contribution < -0.4 is 4.74 Å². The average molecular weight is 306 g/mol. The zero-order valence-electron chi connectivity index (χ0n) is 13.2. The van der Waals surface area contributed by atoms with Crippen molar-refractivity contribution < 1.29 is 4.74 Å². The van der Waals surface area contributed by atoms with Gasteiger partial charge in [-0.25, -0.2) is 4.68 Å². The summed E-state index contributed by atoms with van der Waals surface area (Å²) in [5, 5.41) is 12.3. The molecule has 0 aliphatic carbocycles. The molecule has 0 N–H and O–H groups in total. The van der Waals surface area contributed by atoms with Gasteiger partial charge in [0.2, 0.25) is 0 Å². The van der Waals surface area contributed by atoms with Crippen LogP contribution in [0, 0.1) is 13.8 Å². The third kappa shape index (κ3) is 3.83. The molecule has 0 saturated carbocycles. The Kier molecular flexibility index (Phi) is 4.47. The number of aryl methyl sites for hydroxylation is 2. The third-order valence-corrected chi connectivity index (χ3v) is 3.40. The van der Waals surface area contributed by atoms with Gasteiger partial charge in [0, 0.05) is 0 Å². The van der Waals surface area contributed by atoms with Crippen LogP contribution in [-0.4, -0.2) is 21.1 Å². The van der Waals surface area contributed by atoms with Crippen molar-refractivity contribution in [2.45, 2.75) is 20.5 Å². The molecule has 0 aliphatic heterocycles. The number of hydrogen-bond acceptors (Lipinski definition) is 4. The fraction of sp³-hybridized carbons (Fsp3) is 0.167. The van der Waals surface area contributed by atoms with E-state index < -0.39 is 0 Å². The minimum Gasteiger partial charge on any atom is -0.489 e. The number of nitrogens with zero attached hydrogens (tertiary/aromatic N) is 4. The molecule has 5 heteroatoms. The second-order valence-corrected chi connectivity index (χ2v) is 5.19. The van der Waals surface area contributed by atoms with Gasteiger partial charge in [0.1, 0.15) is 12.4 Å². The second-order valence-electron chi connectivity index (χ2n) is 5.19. The van der Waals surface area contributed by atoms with Gasteiger partial charge in [0.15, 0.2) is 11.6 Å². The summed E-state index contributed by atoms with van der Waals surface area (Å²) in [6, 6.07) is 17.9. The van der Waals surface area contributed by atoms with Gasteiger partial charge in [0.25, 0.3) is 0 Å². The summed E-state index contributed by atoms with van der Waals surface area (Å²) in [6.07, 6.45) is 1.78. The predicted octanol–water partition coefficient (Wildman–Crippen LogP) is 3.36. The van der Waals surface area contributed by atoms with Crippen LogP contribution in [0.2, 0.25) is 0 Å². The summed E-state index contributed by atoms with van der Waals surface area (Å²) >= 11 is 0. The molecule has 1 aromatic heterocycles. The zero-order valence-corrected chi connectivity index (χ0v) is 13.2. The first-order chi connectivity index (χ1) is 11.2. The van der Waals surface area contributed by atoms with Crippen LogP contribution in [0.25, 0.3) is 0 Å². The SMILES string of the molecule is Cc1nnc(C)n1/N=C\c1ccc(OCc2ccccc2)cc1. The maximum Gasteiger partial charge on any atom is 0.151 e. The molecular formula is C18H18N4O. The van der Waals surface area contributed by atoms with E-state index in [0.717, 1.165) is 28.5 Å². The van der Waals surface area contributed by atoms with Gasteiger partial charge in [-0.3, -0.25) is 0 Å². The Hall–Kier alpha value is -2.95. The van der Waals surface area contributed by atoms with Gasteiger partial charge in [-0.2, -0.15) is 5.10 Å². The molecule has 0 unspecified atom stereocenters. The van der Waals surface area contributed by atoms with Gasteiger partial charge in [-0.1, -0.05) is 30.3 Å². The lowest BCUT2D eigenvalue weighted by atomic mass is 10.2. The van der Waals surface area contributed by atoms with Crippen LogP contribution in [0.1, 0.15) is 22.8 Å². The van der Waals surface area contributed by atoms with E-state index in [9.17, 15) is 0 Å². The van der Waals surface area contributed by atoms with Crippen molar-refractivity contribution >= 4 is 6.21 Å². The number of ether oxygens (including phenoxy) is 1. The smallest absolute Gasteiger partial charge is 0.151 e. The molecule has 116 valence electrons. The van der Waals surface area contributed by atoms with Crippen LogP contribution in [0.3, 0.4) is 0 Å². The number of rotatable bonds is 5. The van der Waals surface area contributed by atoms with E-state index in [-0.39, 0.29) is 0 Å². The van der Waals surface area contributed by atoms with E-state index in [1.807, 2.05) is 68.4 Å². The molecule has 3 rings (SSSR count).